The maximum Gasteiger partial charge on any atom is 0.249 e. The monoisotopic (exact) mass is 531 g/mol. The minimum atomic E-state index is -2.05. The van der Waals surface area contributed by atoms with E-state index in [0.717, 1.165) is 21.7 Å². The second-order valence-corrected chi connectivity index (χ2v) is 12.5. The molecule has 1 aromatic heterocycles. The predicted molar refractivity (Wildman–Crippen MR) is 143 cm³/mol. The largest absolute Gasteiger partial charge is 0.391 e. The molecule has 0 radical (unpaired) electrons. The van der Waals surface area contributed by atoms with Crippen LogP contribution in [0, 0.1) is 12.3 Å². The van der Waals surface area contributed by atoms with Gasteiger partial charge in [0.05, 0.1) is 28.2 Å². The molecule has 2 aromatic rings. The normalized spacial score (nSPS) is 19.1. The van der Waals surface area contributed by atoms with Gasteiger partial charge in [0.15, 0.2) is 5.78 Å². The third kappa shape index (κ3) is 7.68. The van der Waals surface area contributed by atoms with Crippen molar-refractivity contribution in [1.82, 2.24) is 15.2 Å². The van der Waals surface area contributed by atoms with Crippen LogP contribution >= 0.6 is 11.3 Å². The van der Waals surface area contributed by atoms with Gasteiger partial charge in [-0.25, -0.2) is 9.37 Å². The van der Waals surface area contributed by atoms with Gasteiger partial charge in [-0.05, 0) is 43.7 Å². The molecule has 2 heterocycles. The average Bonchev–Trinajstić information content (AvgIpc) is 3.39. The molecule has 3 atom stereocenters. The molecule has 9 heteroatoms. The third-order valence-electron chi connectivity index (χ3n) is 6.49. The van der Waals surface area contributed by atoms with E-state index in [4.69, 9.17) is 0 Å². The molecule has 7 nitrogen and oxygen atoms in total. The fraction of sp³-hybridized carbons (Fsp3) is 0.571. The number of aryl methyl sites for hydroxylation is 2. The second kappa shape index (κ2) is 11.4. The van der Waals surface area contributed by atoms with E-state index < -0.39 is 35.7 Å². The summed E-state index contributed by atoms with van der Waals surface area (Å²) in [6, 6.07) is 5.64. The van der Waals surface area contributed by atoms with E-state index in [-0.39, 0.29) is 37.0 Å². The van der Waals surface area contributed by atoms with Crippen molar-refractivity contribution in [1.29, 1.82) is 0 Å². The number of rotatable bonds is 9. The number of halogens is 1. The van der Waals surface area contributed by atoms with Gasteiger partial charge in [0.2, 0.25) is 11.8 Å². The first-order valence-corrected chi connectivity index (χ1v) is 13.5. The molecule has 37 heavy (non-hydrogen) atoms. The Morgan fingerprint density at radius 2 is 1.84 bits per heavy atom. The first-order chi connectivity index (χ1) is 17.2. The Morgan fingerprint density at radius 3 is 2.38 bits per heavy atom. The molecule has 2 amide bonds. The molecule has 0 bridgehead atoms. The van der Waals surface area contributed by atoms with Gasteiger partial charge in [-0.15, -0.1) is 11.3 Å². The standard InChI is InChI=1S/C28H38FN3O4S/c1-17-24(37-16-30-17)19-10-7-18(8-11-19)9-12-22(34)21-13-20(33)15-32(21)26(36)25(28(5,6)29)31-23(35)14-27(2,3)4/h7-8,10-11,16,20-21,25,33H,9,12-15H2,1-6H3,(H,31,35). The molecule has 0 aliphatic carbocycles. The summed E-state index contributed by atoms with van der Waals surface area (Å²) in [7, 11) is 0. The Balaban J connectivity index is 1.68. The van der Waals surface area contributed by atoms with E-state index in [2.05, 4.69) is 10.3 Å². The van der Waals surface area contributed by atoms with Crippen molar-refractivity contribution in [2.45, 2.75) is 91.1 Å². The number of hydrogen-bond acceptors (Lipinski definition) is 6. The smallest absolute Gasteiger partial charge is 0.249 e. The lowest BCUT2D eigenvalue weighted by Crippen LogP contribution is -2.59. The zero-order chi connectivity index (χ0) is 27.5. The minimum absolute atomic E-state index is 0.0696. The molecule has 3 rings (SSSR count). The number of ketones is 1. The van der Waals surface area contributed by atoms with Crippen LogP contribution in [0.3, 0.4) is 0 Å². The lowest BCUT2D eigenvalue weighted by Gasteiger charge is -2.33. The number of aliphatic hydroxyl groups is 1. The molecule has 202 valence electrons. The number of aliphatic hydroxyl groups excluding tert-OH is 1. The van der Waals surface area contributed by atoms with Crippen molar-refractivity contribution in [3.63, 3.8) is 0 Å². The summed E-state index contributed by atoms with van der Waals surface area (Å²) in [5, 5.41) is 12.8. The van der Waals surface area contributed by atoms with E-state index in [9.17, 15) is 19.5 Å². The molecular weight excluding hydrogens is 493 g/mol. The lowest BCUT2D eigenvalue weighted by molar-refractivity contribution is -0.144. The van der Waals surface area contributed by atoms with Gasteiger partial charge in [-0.1, -0.05) is 45.0 Å². The van der Waals surface area contributed by atoms with Crippen molar-refractivity contribution in [2.24, 2.45) is 5.41 Å². The number of aromatic nitrogens is 1. The van der Waals surface area contributed by atoms with E-state index >= 15 is 4.39 Å². The van der Waals surface area contributed by atoms with Gasteiger partial charge in [0.1, 0.15) is 11.7 Å². The molecule has 1 aliphatic heterocycles. The summed E-state index contributed by atoms with van der Waals surface area (Å²) in [5.74, 6) is -1.31. The SMILES string of the molecule is Cc1ncsc1-c1ccc(CCC(=O)C2CC(O)CN2C(=O)C(NC(=O)CC(C)(C)C)C(C)(C)F)cc1. The molecule has 1 saturated heterocycles. The second-order valence-electron chi connectivity index (χ2n) is 11.6. The zero-order valence-electron chi connectivity index (χ0n) is 22.5. The molecule has 0 saturated carbocycles. The number of carbonyl (C=O) groups is 3. The molecule has 1 fully saturated rings. The summed E-state index contributed by atoms with van der Waals surface area (Å²) in [5.41, 5.74) is 2.45. The maximum absolute atomic E-state index is 15.1. The Morgan fingerprint density at radius 1 is 1.19 bits per heavy atom. The number of nitrogens with one attached hydrogen (secondary N) is 1. The van der Waals surface area contributed by atoms with Crippen LogP contribution in [-0.4, -0.2) is 63.0 Å². The van der Waals surface area contributed by atoms with Crippen molar-refractivity contribution in [2.75, 3.05) is 6.54 Å². The van der Waals surface area contributed by atoms with E-state index in [1.807, 2.05) is 57.5 Å². The van der Waals surface area contributed by atoms with Crippen LogP contribution in [0.2, 0.25) is 0 Å². The summed E-state index contributed by atoms with van der Waals surface area (Å²) >= 11 is 1.58. The first-order valence-electron chi connectivity index (χ1n) is 12.6. The highest BCUT2D eigenvalue weighted by molar-refractivity contribution is 7.13. The average molecular weight is 532 g/mol. The number of β-amino-alcohol motifs (C(OH)–C–C–N with tert-alkyl or cyclic N) is 1. The number of benzene rings is 1. The molecular formula is C28H38FN3O4S. The summed E-state index contributed by atoms with van der Waals surface area (Å²) < 4.78 is 15.1. The van der Waals surface area contributed by atoms with Crippen LogP contribution < -0.4 is 5.32 Å². The third-order valence-corrected chi connectivity index (χ3v) is 7.46. The van der Waals surface area contributed by atoms with Gasteiger partial charge < -0.3 is 15.3 Å². The van der Waals surface area contributed by atoms with Gasteiger partial charge in [-0.3, -0.25) is 14.4 Å². The van der Waals surface area contributed by atoms with Crippen LogP contribution in [-0.2, 0) is 20.8 Å². The predicted octanol–water partition coefficient (Wildman–Crippen LogP) is 4.25. The van der Waals surface area contributed by atoms with Crippen LogP contribution in [0.1, 0.15) is 65.1 Å². The summed E-state index contributed by atoms with van der Waals surface area (Å²) in [6.45, 7) is 9.99. The van der Waals surface area contributed by atoms with Crippen molar-refractivity contribution in [3.05, 3.63) is 41.0 Å². The maximum atomic E-state index is 15.1. The molecule has 3 unspecified atom stereocenters. The molecule has 1 aromatic carbocycles. The van der Waals surface area contributed by atoms with Crippen molar-refractivity contribution < 1.29 is 23.9 Å². The van der Waals surface area contributed by atoms with Gasteiger partial charge >= 0.3 is 0 Å². The topological polar surface area (TPSA) is 99.6 Å². The van der Waals surface area contributed by atoms with E-state index in [1.165, 1.54) is 18.7 Å². The Hall–Kier alpha value is -2.65. The Bertz CT molecular complexity index is 1120. The van der Waals surface area contributed by atoms with Gasteiger partial charge in [0, 0.05) is 25.8 Å². The summed E-state index contributed by atoms with van der Waals surface area (Å²) in [6.07, 6.45) is 0.00653. The van der Waals surface area contributed by atoms with E-state index in [0.29, 0.717) is 6.42 Å². The van der Waals surface area contributed by atoms with Crippen molar-refractivity contribution in [3.8, 4) is 10.4 Å². The van der Waals surface area contributed by atoms with Crippen LogP contribution in [0.25, 0.3) is 10.4 Å². The van der Waals surface area contributed by atoms with Crippen LogP contribution in [0.5, 0.6) is 0 Å². The molecule has 1 aliphatic rings. The highest BCUT2D eigenvalue weighted by Crippen LogP contribution is 2.29. The number of amides is 2. The van der Waals surface area contributed by atoms with Crippen molar-refractivity contribution >= 4 is 28.9 Å². The zero-order valence-corrected chi connectivity index (χ0v) is 23.3. The Kier molecular flexibility index (Phi) is 8.90. The number of likely N-dealkylation sites (tertiary alicyclic amines) is 1. The quantitative estimate of drug-likeness (QED) is 0.504. The number of nitrogens with zero attached hydrogens (tertiary/aromatic N) is 2. The number of alkyl halides is 1. The van der Waals surface area contributed by atoms with E-state index in [1.54, 1.807) is 11.3 Å². The Labute approximate surface area is 222 Å². The van der Waals surface area contributed by atoms with Gasteiger partial charge in [-0.2, -0.15) is 0 Å². The van der Waals surface area contributed by atoms with Crippen LogP contribution in [0.4, 0.5) is 4.39 Å². The van der Waals surface area contributed by atoms with Crippen LogP contribution in [0.15, 0.2) is 29.8 Å². The summed E-state index contributed by atoms with van der Waals surface area (Å²) in [4.78, 5) is 45.7. The highest BCUT2D eigenvalue weighted by Gasteiger charge is 2.46. The first kappa shape index (κ1) is 28.9. The molecule has 2 N–H and O–H groups in total. The lowest BCUT2D eigenvalue weighted by atomic mass is 9.91. The fourth-order valence-corrected chi connectivity index (χ4v) is 5.40. The number of carbonyl (C=O) groups excluding carboxylic acids is 3. The number of hydrogen-bond donors (Lipinski definition) is 2. The minimum Gasteiger partial charge on any atom is -0.391 e. The molecule has 0 spiro atoms. The highest BCUT2D eigenvalue weighted by atomic mass is 32.1. The fourth-order valence-electron chi connectivity index (χ4n) is 4.58. The number of thiazole rings is 1. The van der Waals surface area contributed by atoms with Gasteiger partial charge in [0.25, 0.3) is 0 Å². The number of Topliss-reactive ketones (excluding diaryl/α,β-unsaturated/α-hetero) is 1.